The molecule has 1 N–H and O–H groups in total. The van der Waals surface area contributed by atoms with Gasteiger partial charge < -0.3 is 4.74 Å². The quantitative estimate of drug-likeness (QED) is 0.236. The lowest BCUT2D eigenvalue weighted by Gasteiger charge is -2.24. The van der Waals surface area contributed by atoms with Crippen LogP contribution in [0.4, 0.5) is 0 Å². The van der Waals surface area contributed by atoms with E-state index in [0.717, 1.165) is 55.8 Å². The molecular weight excluding hydrogens is 456 g/mol. The summed E-state index contributed by atoms with van der Waals surface area (Å²) >= 11 is 6.28. The Morgan fingerprint density at radius 2 is 1.82 bits per heavy atom. The van der Waals surface area contributed by atoms with Gasteiger partial charge in [0.1, 0.15) is 5.75 Å². The van der Waals surface area contributed by atoms with Gasteiger partial charge in [-0.2, -0.15) is 0 Å². The lowest BCUT2D eigenvalue weighted by Crippen LogP contribution is -2.27. The first-order chi connectivity index (χ1) is 15.9. The van der Waals surface area contributed by atoms with E-state index in [2.05, 4.69) is 30.0 Å². The third-order valence-electron chi connectivity index (χ3n) is 5.32. The molecule has 2 aromatic carbocycles. The van der Waals surface area contributed by atoms with E-state index in [0.29, 0.717) is 11.6 Å². The van der Waals surface area contributed by atoms with Gasteiger partial charge in [0.15, 0.2) is 0 Å². The predicted molar refractivity (Wildman–Crippen MR) is 138 cm³/mol. The molecule has 0 aliphatic rings. The number of ether oxygens (including phenoxy) is 1. The molecule has 0 bridgehead atoms. The first-order valence-electron chi connectivity index (χ1n) is 11.7. The average Bonchev–Trinajstić information content (AvgIpc) is 2.81. The van der Waals surface area contributed by atoms with Crippen molar-refractivity contribution in [3.63, 3.8) is 0 Å². The van der Waals surface area contributed by atoms with Crippen LogP contribution in [0, 0.1) is 0 Å². The minimum absolute atomic E-state index is 0.213. The highest BCUT2D eigenvalue weighted by molar-refractivity contribution is 7.89. The molecule has 0 aliphatic heterocycles. The summed E-state index contributed by atoms with van der Waals surface area (Å²) in [6.07, 6.45) is 6.81. The second-order valence-electron chi connectivity index (χ2n) is 8.12. The number of halogens is 1. The molecule has 7 heteroatoms. The molecule has 0 amide bonds. The van der Waals surface area contributed by atoms with Crippen molar-refractivity contribution in [1.29, 1.82) is 0 Å². The van der Waals surface area contributed by atoms with Crippen LogP contribution in [0.25, 0.3) is 0 Å². The van der Waals surface area contributed by atoms with Gasteiger partial charge in [0.2, 0.25) is 10.0 Å². The number of hydrogen-bond acceptors (Lipinski definition) is 4. The minimum Gasteiger partial charge on any atom is -0.493 e. The average molecular weight is 493 g/mol. The number of hydrogen-bond donors (Lipinski definition) is 1. The summed E-state index contributed by atoms with van der Waals surface area (Å²) in [4.78, 5) is 2.70. The second kappa shape index (κ2) is 14.4. The summed E-state index contributed by atoms with van der Waals surface area (Å²) in [7, 11) is -3.50. The van der Waals surface area contributed by atoms with Crippen molar-refractivity contribution in [1.82, 2.24) is 9.62 Å². The van der Waals surface area contributed by atoms with Crippen molar-refractivity contribution < 1.29 is 13.2 Å². The Bertz CT molecular complexity index is 962. The van der Waals surface area contributed by atoms with Crippen LogP contribution in [0.15, 0.2) is 60.0 Å². The maximum Gasteiger partial charge on any atom is 0.240 e. The van der Waals surface area contributed by atoms with Gasteiger partial charge in [-0.15, -0.1) is 6.58 Å². The van der Waals surface area contributed by atoms with Crippen LogP contribution in [0.2, 0.25) is 5.02 Å². The molecule has 0 radical (unpaired) electrons. The molecule has 5 nitrogen and oxygen atoms in total. The Labute approximate surface area is 204 Å². The van der Waals surface area contributed by atoms with Crippen molar-refractivity contribution in [2.45, 2.75) is 57.4 Å². The zero-order chi connectivity index (χ0) is 24.1. The fraction of sp³-hybridized carbons (Fsp3) is 0.462. The van der Waals surface area contributed by atoms with E-state index in [4.69, 9.17) is 16.3 Å². The van der Waals surface area contributed by atoms with Gasteiger partial charge >= 0.3 is 0 Å². The van der Waals surface area contributed by atoms with Crippen LogP contribution >= 0.6 is 11.6 Å². The van der Waals surface area contributed by atoms with Gasteiger partial charge in [-0.1, -0.05) is 56.5 Å². The molecular formula is C26H37ClN2O3S. The van der Waals surface area contributed by atoms with Crippen LogP contribution in [0.1, 0.15) is 50.7 Å². The van der Waals surface area contributed by atoms with Crippen LogP contribution in [0.5, 0.6) is 5.75 Å². The normalized spacial score (nSPS) is 11.6. The minimum atomic E-state index is -3.50. The summed E-state index contributed by atoms with van der Waals surface area (Å²) in [5.41, 5.74) is 2.20. The summed E-state index contributed by atoms with van der Waals surface area (Å²) in [5, 5.41) is 0.712. The topological polar surface area (TPSA) is 58.6 Å². The number of nitrogens with zero attached hydrogens (tertiary/aromatic N) is 1. The van der Waals surface area contributed by atoms with Gasteiger partial charge in [-0.25, -0.2) is 13.1 Å². The van der Waals surface area contributed by atoms with E-state index in [1.807, 2.05) is 30.3 Å². The molecule has 182 valence electrons. The Morgan fingerprint density at radius 1 is 1.06 bits per heavy atom. The van der Waals surface area contributed by atoms with Crippen molar-refractivity contribution in [2.75, 3.05) is 26.2 Å². The first kappa shape index (κ1) is 27.4. The van der Waals surface area contributed by atoms with E-state index in [-0.39, 0.29) is 11.4 Å². The molecule has 2 aromatic rings. The van der Waals surface area contributed by atoms with Crippen molar-refractivity contribution in [3.8, 4) is 5.75 Å². The molecule has 0 unspecified atom stereocenters. The van der Waals surface area contributed by atoms with Gasteiger partial charge in [-0.05, 0) is 61.7 Å². The number of benzene rings is 2. The Balaban J connectivity index is 2.08. The van der Waals surface area contributed by atoms with Gasteiger partial charge in [0.25, 0.3) is 0 Å². The van der Waals surface area contributed by atoms with Gasteiger partial charge in [0.05, 0.1) is 11.5 Å². The largest absolute Gasteiger partial charge is 0.493 e. The molecule has 0 atom stereocenters. The van der Waals surface area contributed by atoms with E-state index >= 15 is 0 Å². The summed E-state index contributed by atoms with van der Waals surface area (Å²) in [6.45, 7) is 11.4. The summed E-state index contributed by atoms with van der Waals surface area (Å²) in [6, 6.07) is 12.9. The van der Waals surface area contributed by atoms with Crippen molar-refractivity contribution in [2.24, 2.45) is 0 Å². The maximum absolute atomic E-state index is 12.3. The SMILES string of the molecule is C=CCNS(=O)(=O)c1ccc(CCN(CCCCC)Cc2cc(Cl)ccc2OCCC)cc1. The molecule has 0 saturated heterocycles. The predicted octanol–water partition coefficient (Wildman–Crippen LogP) is 5.83. The molecule has 0 spiro atoms. The fourth-order valence-electron chi connectivity index (χ4n) is 3.50. The lowest BCUT2D eigenvalue weighted by atomic mass is 10.1. The molecule has 0 saturated carbocycles. The fourth-order valence-corrected chi connectivity index (χ4v) is 4.69. The highest BCUT2D eigenvalue weighted by Gasteiger charge is 2.14. The standard InChI is InChI=1S/C26H37ClN2O3S/c1-4-7-8-17-29(21-23-20-24(27)11-14-26(23)32-19-6-3)18-15-22-9-12-25(13-10-22)33(30,31)28-16-5-2/h5,9-14,20,28H,2,4,6-8,15-19,21H2,1,3H3. The van der Waals surface area contributed by atoms with Crippen LogP contribution in [-0.4, -0.2) is 39.6 Å². The molecule has 0 aromatic heterocycles. The molecule has 33 heavy (non-hydrogen) atoms. The van der Waals surface area contributed by atoms with Crippen molar-refractivity contribution in [3.05, 3.63) is 71.3 Å². The van der Waals surface area contributed by atoms with Crippen molar-refractivity contribution >= 4 is 21.6 Å². The number of sulfonamides is 1. The Kier molecular flexibility index (Phi) is 12.0. The van der Waals surface area contributed by atoms with Crippen LogP contribution in [0.3, 0.4) is 0 Å². The number of unbranched alkanes of at least 4 members (excludes halogenated alkanes) is 2. The highest BCUT2D eigenvalue weighted by Crippen LogP contribution is 2.25. The summed E-state index contributed by atoms with van der Waals surface area (Å²) in [5.74, 6) is 0.892. The third-order valence-corrected chi connectivity index (χ3v) is 7.00. The highest BCUT2D eigenvalue weighted by atomic mass is 35.5. The van der Waals surface area contributed by atoms with E-state index in [1.165, 1.54) is 18.9 Å². The van der Waals surface area contributed by atoms with E-state index in [1.54, 1.807) is 12.1 Å². The summed E-state index contributed by atoms with van der Waals surface area (Å²) < 4.78 is 33.0. The van der Waals surface area contributed by atoms with E-state index in [9.17, 15) is 8.42 Å². The van der Waals surface area contributed by atoms with Gasteiger partial charge in [0, 0.05) is 30.2 Å². The third kappa shape index (κ3) is 9.49. The zero-order valence-corrected chi connectivity index (χ0v) is 21.4. The second-order valence-corrected chi connectivity index (χ2v) is 10.3. The maximum atomic E-state index is 12.3. The zero-order valence-electron chi connectivity index (χ0n) is 19.9. The lowest BCUT2D eigenvalue weighted by molar-refractivity contribution is 0.253. The molecule has 0 heterocycles. The first-order valence-corrected chi connectivity index (χ1v) is 13.6. The molecule has 0 aliphatic carbocycles. The van der Waals surface area contributed by atoms with Crippen LogP contribution < -0.4 is 9.46 Å². The van der Waals surface area contributed by atoms with Crippen LogP contribution in [-0.2, 0) is 23.0 Å². The van der Waals surface area contributed by atoms with Gasteiger partial charge in [-0.3, -0.25) is 4.90 Å². The van der Waals surface area contributed by atoms with E-state index < -0.39 is 10.0 Å². The smallest absolute Gasteiger partial charge is 0.240 e. The Hall–Kier alpha value is -1.86. The monoisotopic (exact) mass is 492 g/mol. The molecule has 2 rings (SSSR count). The molecule has 0 fully saturated rings. The number of rotatable bonds is 16. The Morgan fingerprint density at radius 3 is 2.48 bits per heavy atom. The number of nitrogens with one attached hydrogen (secondary N) is 1.